The number of hydrogen-bond donors (Lipinski definition) is 1. The third-order valence-corrected chi connectivity index (χ3v) is 3.30. The van der Waals surface area contributed by atoms with Crippen LogP contribution in [0.3, 0.4) is 0 Å². The van der Waals surface area contributed by atoms with E-state index in [4.69, 9.17) is 11.6 Å². The quantitative estimate of drug-likeness (QED) is 0.855. The largest absolute Gasteiger partial charge is 0.310 e. The van der Waals surface area contributed by atoms with Gasteiger partial charge in [-0.3, -0.25) is 0 Å². The molecule has 1 nitrogen and oxygen atoms in total. The van der Waals surface area contributed by atoms with Gasteiger partial charge in [0.25, 0.3) is 0 Å². The van der Waals surface area contributed by atoms with Gasteiger partial charge < -0.3 is 5.32 Å². The van der Waals surface area contributed by atoms with E-state index in [1.165, 1.54) is 12.1 Å². The minimum Gasteiger partial charge on any atom is -0.310 e. The predicted molar refractivity (Wildman–Crippen MR) is 78.8 cm³/mol. The van der Waals surface area contributed by atoms with Crippen molar-refractivity contribution in [2.24, 2.45) is 0 Å². The Balaban J connectivity index is 2.32. The van der Waals surface area contributed by atoms with Gasteiger partial charge in [0, 0.05) is 28.7 Å². The molecule has 4 heteroatoms. The Kier molecular flexibility index (Phi) is 4.73. The number of rotatable bonds is 4. The van der Waals surface area contributed by atoms with Gasteiger partial charge in [0.15, 0.2) is 11.6 Å². The zero-order chi connectivity index (χ0) is 14.7. The SMILES string of the molecule is CC(C)NCc1ccc(-c2cccc(F)c2F)c(Cl)c1. The molecule has 2 aromatic rings. The fraction of sp³-hybridized carbons (Fsp3) is 0.250. The molecule has 0 amide bonds. The molecule has 0 bridgehead atoms. The Labute approximate surface area is 122 Å². The van der Waals surface area contributed by atoms with Gasteiger partial charge in [-0.15, -0.1) is 0 Å². The van der Waals surface area contributed by atoms with E-state index < -0.39 is 11.6 Å². The molecule has 0 spiro atoms. The third kappa shape index (κ3) is 3.35. The summed E-state index contributed by atoms with van der Waals surface area (Å²) in [5, 5.41) is 3.69. The molecule has 0 heterocycles. The van der Waals surface area contributed by atoms with Crippen LogP contribution in [0.25, 0.3) is 11.1 Å². The maximum atomic E-state index is 13.8. The Bertz CT molecular complexity index is 611. The molecule has 0 radical (unpaired) electrons. The maximum Gasteiger partial charge on any atom is 0.166 e. The summed E-state index contributed by atoms with van der Waals surface area (Å²) in [7, 11) is 0. The van der Waals surface area contributed by atoms with Crippen LogP contribution in [0.5, 0.6) is 0 Å². The van der Waals surface area contributed by atoms with E-state index in [9.17, 15) is 8.78 Å². The van der Waals surface area contributed by atoms with E-state index in [1.807, 2.05) is 6.07 Å². The van der Waals surface area contributed by atoms with Crippen molar-refractivity contribution in [2.75, 3.05) is 0 Å². The fourth-order valence-electron chi connectivity index (χ4n) is 1.92. The highest BCUT2D eigenvalue weighted by Crippen LogP contribution is 2.31. The number of hydrogen-bond acceptors (Lipinski definition) is 1. The molecule has 0 aliphatic heterocycles. The van der Waals surface area contributed by atoms with E-state index in [2.05, 4.69) is 19.2 Å². The van der Waals surface area contributed by atoms with Gasteiger partial charge in [0.2, 0.25) is 0 Å². The lowest BCUT2D eigenvalue weighted by Crippen LogP contribution is -2.21. The first kappa shape index (κ1) is 14.9. The van der Waals surface area contributed by atoms with E-state index in [0.717, 1.165) is 11.6 Å². The second-order valence-corrected chi connectivity index (χ2v) is 5.36. The lowest BCUT2D eigenvalue weighted by molar-refractivity contribution is 0.511. The Morgan fingerprint density at radius 1 is 1.10 bits per heavy atom. The molecule has 106 valence electrons. The summed E-state index contributed by atoms with van der Waals surface area (Å²) >= 11 is 6.19. The minimum atomic E-state index is -0.873. The van der Waals surface area contributed by atoms with Gasteiger partial charge in [0.05, 0.1) is 0 Å². The van der Waals surface area contributed by atoms with Crippen LogP contribution >= 0.6 is 11.6 Å². The van der Waals surface area contributed by atoms with E-state index in [1.54, 1.807) is 12.1 Å². The molecule has 20 heavy (non-hydrogen) atoms. The van der Waals surface area contributed by atoms with Crippen molar-refractivity contribution in [3.05, 3.63) is 58.6 Å². The average molecular weight is 296 g/mol. The van der Waals surface area contributed by atoms with Crippen molar-refractivity contribution >= 4 is 11.6 Å². The first-order valence-electron chi connectivity index (χ1n) is 6.45. The topological polar surface area (TPSA) is 12.0 Å². The summed E-state index contributed by atoms with van der Waals surface area (Å²) in [6.07, 6.45) is 0. The van der Waals surface area contributed by atoms with E-state index in [0.29, 0.717) is 23.2 Å². The average Bonchev–Trinajstić information content (AvgIpc) is 2.40. The second-order valence-electron chi connectivity index (χ2n) is 4.95. The molecule has 2 aromatic carbocycles. The first-order valence-corrected chi connectivity index (χ1v) is 6.83. The molecule has 0 aliphatic carbocycles. The molecule has 0 atom stereocenters. The van der Waals surface area contributed by atoms with Crippen molar-refractivity contribution in [3.8, 4) is 11.1 Å². The van der Waals surface area contributed by atoms with Crippen LogP contribution in [-0.4, -0.2) is 6.04 Å². The van der Waals surface area contributed by atoms with Crippen LogP contribution in [-0.2, 0) is 6.54 Å². The Morgan fingerprint density at radius 3 is 2.50 bits per heavy atom. The molecule has 0 fully saturated rings. The molecule has 0 saturated carbocycles. The van der Waals surface area contributed by atoms with Crippen LogP contribution in [0.4, 0.5) is 8.78 Å². The van der Waals surface area contributed by atoms with Gasteiger partial charge in [0.1, 0.15) is 0 Å². The van der Waals surface area contributed by atoms with Gasteiger partial charge in [-0.25, -0.2) is 8.78 Å². The molecule has 0 aliphatic rings. The van der Waals surface area contributed by atoms with Crippen LogP contribution in [0, 0.1) is 11.6 Å². The summed E-state index contributed by atoms with van der Waals surface area (Å²) < 4.78 is 27.0. The normalized spacial score (nSPS) is 11.1. The summed E-state index contributed by atoms with van der Waals surface area (Å²) in [6.45, 7) is 4.79. The first-order chi connectivity index (χ1) is 9.49. The van der Waals surface area contributed by atoms with Crippen molar-refractivity contribution in [1.29, 1.82) is 0 Å². The lowest BCUT2D eigenvalue weighted by Gasteiger charge is -2.11. The van der Waals surface area contributed by atoms with Crippen molar-refractivity contribution in [2.45, 2.75) is 26.4 Å². The monoisotopic (exact) mass is 295 g/mol. The van der Waals surface area contributed by atoms with Crippen LogP contribution in [0.1, 0.15) is 19.4 Å². The smallest absolute Gasteiger partial charge is 0.166 e. The minimum absolute atomic E-state index is 0.179. The van der Waals surface area contributed by atoms with E-state index >= 15 is 0 Å². The lowest BCUT2D eigenvalue weighted by atomic mass is 10.0. The van der Waals surface area contributed by atoms with Gasteiger partial charge in [-0.2, -0.15) is 0 Å². The molecular weight excluding hydrogens is 280 g/mol. The third-order valence-electron chi connectivity index (χ3n) is 2.99. The molecular formula is C16H16ClF2N. The van der Waals surface area contributed by atoms with Crippen molar-refractivity contribution < 1.29 is 8.78 Å². The van der Waals surface area contributed by atoms with Crippen LogP contribution in [0.2, 0.25) is 5.02 Å². The predicted octanol–water partition coefficient (Wildman–Crippen LogP) is 4.78. The van der Waals surface area contributed by atoms with Gasteiger partial charge in [-0.1, -0.05) is 49.7 Å². The van der Waals surface area contributed by atoms with Crippen LogP contribution < -0.4 is 5.32 Å². The summed E-state index contributed by atoms with van der Waals surface area (Å²) in [5.41, 5.74) is 1.68. The zero-order valence-corrected chi connectivity index (χ0v) is 12.1. The van der Waals surface area contributed by atoms with Crippen LogP contribution in [0.15, 0.2) is 36.4 Å². The molecule has 0 saturated heterocycles. The van der Waals surface area contributed by atoms with E-state index in [-0.39, 0.29) is 5.56 Å². The second kappa shape index (κ2) is 6.33. The summed E-state index contributed by atoms with van der Waals surface area (Å²) in [4.78, 5) is 0. The standard InChI is InChI=1S/C16H16ClF2N/c1-10(2)20-9-11-6-7-12(14(17)8-11)13-4-3-5-15(18)16(13)19/h3-8,10,20H,9H2,1-2H3. The zero-order valence-electron chi connectivity index (χ0n) is 11.4. The fourth-order valence-corrected chi connectivity index (χ4v) is 2.23. The number of nitrogens with one attached hydrogen (secondary N) is 1. The van der Waals surface area contributed by atoms with Crippen molar-refractivity contribution in [3.63, 3.8) is 0 Å². The van der Waals surface area contributed by atoms with Crippen molar-refractivity contribution in [1.82, 2.24) is 5.32 Å². The Morgan fingerprint density at radius 2 is 1.85 bits per heavy atom. The van der Waals surface area contributed by atoms with Gasteiger partial charge >= 0.3 is 0 Å². The highest BCUT2D eigenvalue weighted by Gasteiger charge is 2.12. The highest BCUT2D eigenvalue weighted by atomic mass is 35.5. The maximum absolute atomic E-state index is 13.8. The molecule has 0 aromatic heterocycles. The molecule has 1 N–H and O–H groups in total. The highest BCUT2D eigenvalue weighted by molar-refractivity contribution is 6.33. The summed E-state index contributed by atoms with van der Waals surface area (Å²) in [6, 6.07) is 9.81. The number of halogens is 3. The number of benzene rings is 2. The summed E-state index contributed by atoms with van der Waals surface area (Å²) in [5.74, 6) is -1.74. The molecule has 2 rings (SSSR count). The van der Waals surface area contributed by atoms with Gasteiger partial charge in [-0.05, 0) is 17.7 Å². The Hall–Kier alpha value is -1.45. The molecule has 0 unspecified atom stereocenters.